The summed E-state index contributed by atoms with van der Waals surface area (Å²) in [6.07, 6.45) is 2.56. The summed E-state index contributed by atoms with van der Waals surface area (Å²) in [4.78, 5) is 4.13. The second kappa shape index (κ2) is 6.63. The highest BCUT2D eigenvalue weighted by atomic mass is 19.1. The molecule has 2 rings (SSSR count). The van der Waals surface area contributed by atoms with Gasteiger partial charge in [-0.25, -0.2) is 13.8 Å². The van der Waals surface area contributed by atoms with E-state index < -0.39 is 11.6 Å². The lowest BCUT2D eigenvalue weighted by atomic mass is 9.97. The molecule has 5 heteroatoms. The Morgan fingerprint density at radius 2 is 1.86 bits per heavy atom. The Kier molecular flexibility index (Phi) is 4.85. The van der Waals surface area contributed by atoms with Crippen molar-refractivity contribution in [1.29, 1.82) is 0 Å². The standard InChI is InChI=1S/C16H19F2N3/c1-3-4-20-15(11-6-12(17)8-13(18)7-11)14-5-10(2)9-21-16(14)19/h5-9,15,20H,3-4H2,1-2H3,(H2,19,21). The largest absolute Gasteiger partial charge is 0.383 e. The number of nitrogens with zero attached hydrogens (tertiary/aromatic N) is 1. The molecule has 0 saturated heterocycles. The minimum absolute atomic E-state index is 0.360. The molecule has 1 heterocycles. The van der Waals surface area contributed by atoms with Gasteiger partial charge in [0.2, 0.25) is 0 Å². The number of aryl methyl sites for hydroxylation is 1. The normalized spacial score (nSPS) is 12.4. The predicted octanol–water partition coefficient (Wildman–Crippen LogP) is 3.34. The topological polar surface area (TPSA) is 50.9 Å². The third kappa shape index (κ3) is 3.76. The Hall–Kier alpha value is -2.01. The molecule has 0 saturated carbocycles. The van der Waals surface area contributed by atoms with Gasteiger partial charge in [0.05, 0.1) is 6.04 Å². The van der Waals surface area contributed by atoms with Crippen molar-refractivity contribution < 1.29 is 8.78 Å². The van der Waals surface area contributed by atoms with Crippen LogP contribution in [0.5, 0.6) is 0 Å². The molecule has 3 nitrogen and oxygen atoms in total. The first-order valence-electron chi connectivity index (χ1n) is 6.92. The summed E-state index contributed by atoms with van der Waals surface area (Å²) in [6.45, 7) is 4.63. The Balaban J connectivity index is 2.49. The number of anilines is 1. The van der Waals surface area contributed by atoms with E-state index in [0.717, 1.165) is 23.6 Å². The number of nitrogens with one attached hydrogen (secondary N) is 1. The van der Waals surface area contributed by atoms with Gasteiger partial charge in [-0.05, 0) is 49.2 Å². The first-order valence-corrected chi connectivity index (χ1v) is 6.92. The molecule has 2 aromatic rings. The monoisotopic (exact) mass is 291 g/mol. The number of nitrogens with two attached hydrogens (primary N) is 1. The van der Waals surface area contributed by atoms with E-state index in [0.29, 0.717) is 17.9 Å². The summed E-state index contributed by atoms with van der Waals surface area (Å²) >= 11 is 0. The van der Waals surface area contributed by atoms with Crippen LogP contribution < -0.4 is 11.1 Å². The SMILES string of the molecule is CCCNC(c1cc(F)cc(F)c1)c1cc(C)cnc1N. The van der Waals surface area contributed by atoms with Crippen LogP contribution in [0.15, 0.2) is 30.5 Å². The van der Waals surface area contributed by atoms with Crippen LogP contribution in [0, 0.1) is 18.6 Å². The number of aromatic nitrogens is 1. The van der Waals surface area contributed by atoms with E-state index in [9.17, 15) is 8.78 Å². The number of rotatable bonds is 5. The van der Waals surface area contributed by atoms with Gasteiger partial charge in [-0.2, -0.15) is 0 Å². The lowest BCUT2D eigenvalue weighted by Gasteiger charge is -2.21. The smallest absolute Gasteiger partial charge is 0.128 e. The minimum Gasteiger partial charge on any atom is -0.383 e. The van der Waals surface area contributed by atoms with E-state index in [4.69, 9.17) is 5.73 Å². The van der Waals surface area contributed by atoms with Crippen molar-refractivity contribution in [3.8, 4) is 0 Å². The molecule has 112 valence electrons. The molecule has 0 spiro atoms. The van der Waals surface area contributed by atoms with E-state index in [2.05, 4.69) is 10.3 Å². The fraction of sp³-hybridized carbons (Fsp3) is 0.312. The minimum atomic E-state index is -0.604. The first-order chi connectivity index (χ1) is 10.0. The second-order valence-corrected chi connectivity index (χ2v) is 5.08. The van der Waals surface area contributed by atoms with Crippen LogP contribution in [0.1, 0.15) is 36.1 Å². The van der Waals surface area contributed by atoms with E-state index in [1.165, 1.54) is 12.1 Å². The lowest BCUT2D eigenvalue weighted by molar-refractivity contribution is 0.558. The molecule has 0 amide bonds. The molecule has 0 aliphatic rings. The Bertz CT molecular complexity index is 609. The van der Waals surface area contributed by atoms with Crippen molar-refractivity contribution >= 4 is 5.82 Å². The van der Waals surface area contributed by atoms with Gasteiger partial charge in [-0.3, -0.25) is 0 Å². The number of pyridine rings is 1. The summed E-state index contributed by atoms with van der Waals surface area (Å²) in [5.74, 6) is -0.848. The Labute approximate surface area is 123 Å². The zero-order valence-electron chi connectivity index (χ0n) is 12.2. The summed E-state index contributed by atoms with van der Waals surface area (Å²) < 4.78 is 27.0. The van der Waals surface area contributed by atoms with Gasteiger partial charge >= 0.3 is 0 Å². The van der Waals surface area contributed by atoms with Crippen LogP contribution >= 0.6 is 0 Å². The van der Waals surface area contributed by atoms with Crippen LogP contribution in [0.25, 0.3) is 0 Å². The van der Waals surface area contributed by atoms with Crippen molar-refractivity contribution in [3.05, 3.63) is 58.8 Å². The lowest BCUT2D eigenvalue weighted by Crippen LogP contribution is -2.24. The van der Waals surface area contributed by atoms with E-state index >= 15 is 0 Å². The van der Waals surface area contributed by atoms with Crippen molar-refractivity contribution in [1.82, 2.24) is 10.3 Å². The number of hydrogen-bond donors (Lipinski definition) is 2. The molecule has 0 radical (unpaired) electrons. The fourth-order valence-electron chi connectivity index (χ4n) is 2.27. The molecule has 0 bridgehead atoms. The number of nitrogen functional groups attached to an aromatic ring is 1. The molecule has 0 aliphatic heterocycles. The van der Waals surface area contributed by atoms with E-state index in [1.807, 2.05) is 19.9 Å². The van der Waals surface area contributed by atoms with Crippen LogP contribution in [0.3, 0.4) is 0 Å². The maximum Gasteiger partial charge on any atom is 0.128 e. The molecule has 21 heavy (non-hydrogen) atoms. The molecule has 0 fully saturated rings. The maximum absolute atomic E-state index is 13.5. The molecule has 1 unspecified atom stereocenters. The van der Waals surface area contributed by atoms with Crippen LogP contribution in [-0.4, -0.2) is 11.5 Å². The zero-order valence-corrected chi connectivity index (χ0v) is 12.2. The van der Waals surface area contributed by atoms with Crippen molar-refractivity contribution in [2.24, 2.45) is 0 Å². The van der Waals surface area contributed by atoms with Gasteiger partial charge in [-0.1, -0.05) is 6.92 Å². The highest BCUT2D eigenvalue weighted by Crippen LogP contribution is 2.27. The summed E-state index contributed by atoms with van der Waals surface area (Å²) in [5.41, 5.74) is 8.11. The van der Waals surface area contributed by atoms with Gasteiger partial charge in [-0.15, -0.1) is 0 Å². The summed E-state index contributed by atoms with van der Waals surface area (Å²) in [6, 6.07) is 5.00. The van der Waals surface area contributed by atoms with Crippen LogP contribution in [0.2, 0.25) is 0 Å². The van der Waals surface area contributed by atoms with Crippen molar-refractivity contribution in [2.45, 2.75) is 26.3 Å². The quantitative estimate of drug-likeness (QED) is 0.888. The third-order valence-electron chi connectivity index (χ3n) is 3.21. The van der Waals surface area contributed by atoms with E-state index in [1.54, 1.807) is 6.20 Å². The van der Waals surface area contributed by atoms with Gasteiger partial charge in [0.25, 0.3) is 0 Å². The molecule has 0 aliphatic carbocycles. The Morgan fingerprint density at radius 3 is 2.48 bits per heavy atom. The van der Waals surface area contributed by atoms with Gasteiger partial charge in [0, 0.05) is 17.8 Å². The summed E-state index contributed by atoms with van der Waals surface area (Å²) in [5, 5.41) is 3.27. The number of hydrogen-bond acceptors (Lipinski definition) is 3. The average molecular weight is 291 g/mol. The molecule has 3 N–H and O–H groups in total. The maximum atomic E-state index is 13.5. The average Bonchev–Trinajstić information content (AvgIpc) is 2.42. The third-order valence-corrected chi connectivity index (χ3v) is 3.21. The number of benzene rings is 1. The first kappa shape index (κ1) is 15.4. The van der Waals surface area contributed by atoms with Gasteiger partial charge in [0.15, 0.2) is 0 Å². The Morgan fingerprint density at radius 1 is 1.19 bits per heavy atom. The fourth-order valence-corrected chi connectivity index (χ4v) is 2.27. The molecular weight excluding hydrogens is 272 g/mol. The van der Waals surface area contributed by atoms with Gasteiger partial charge in [0.1, 0.15) is 17.5 Å². The van der Waals surface area contributed by atoms with Gasteiger partial charge < -0.3 is 11.1 Å². The second-order valence-electron chi connectivity index (χ2n) is 5.08. The highest BCUT2D eigenvalue weighted by Gasteiger charge is 2.18. The molecule has 1 atom stereocenters. The molecule has 1 aromatic carbocycles. The van der Waals surface area contributed by atoms with Crippen molar-refractivity contribution in [2.75, 3.05) is 12.3 Å². The molecule has 1 aromatic heterocycles. The molecular formula is C16H19F2N3. The highest BCUT2D eigenvalue weighted by molar-refractivity contribution is 5.47. The number of halogens is 2. The van der Waals surface area contributed by atoms with E-state index in [-0.39, 0.29) is 6.04 Å². The van der Waals surface area contributed by atoms with Crippen LogP contribution in [0.4, 0.5) is 14.6 Å². The predicted molar refractivity (Wildman–Crippen MR) is 79.9 cm³/mol. The zero-order chi connectivity index (χ0) is 15.4. The summed E-state index contributed by atoms with van der Waals surface area (Å²) in [7, 11) is 0. The van der Waals surface area contributed by atoms with Crippen molar-refractivity contribution in [3.63, 3.8) is 0 Å². The van der Waals surface area contributed by atoms with Crippen LogP contribution in [-0.2, 0) is 0 Å².